The van der Waals surface area contributed by atoms with E-state index in [1.54, 1.807) is 0 Å². The molecule has 3 aliphatic rings. The van der Waals surface area contributed by atoms with E-state index in [2.05, 4.69) is 26.8 Å². The molecule has 2 saturated carbocycles. The van der Waals surface area contributed by atoms with Crippen molar-refractivity contribution in [2.75, 3.05) is 0 Å². The van der Waals surface area contributed by atoms with Crippen LogP contribution in [0.1, 0.15) is 66.2 Å². The largest absolute Gasteiger partial charge is 0.481 e. The molecule has 0 spiro atoms. The van der Waals surface area contributed by atoms with Crippen molar-refractivity contribution < 1.29 is 14.7 Å². The van der Waals surface area contributed by atoms with Gasteiger partial charge in [0, 0.05) is 6.42 Å². The predicted molar refractivity (Wildman–Crippen MR) is 89.9 cm³/mol. The first kappa shape index (κ1) is 16.7. The predicted octanol–water partition coefficient (Wildman–Crippen LogP) is 4.47. The molecule has 0 aromatic carbocycles. The highest BCUT2D eigenvalue weighted by molar-refractivity contribution is 5.95. The average molecular weight is 318 g/mol. The van der Waals surface area contributed by atoms with Gasteiger partial charge in [0.25, 0.3) is 0 Å². The molecule has 5 unspecified atom stereocenters. The van der Waals surface area contributed by atoms with E-state index in [1.165, 1.54) is 0 Å². The second kappa shape index (κ2) is 5.46. The lowest BCUT2D eigenvalue weighted by Gasteiger charge is -2.53. The molecule has 2 fully saturated rings. The molecule has 0 bridgehead atoms. The van der Waals surface area contributed by atoms with Crippen LogP contribution in [0.2, 0.25) is 0 Å². The first-order chi connectivity index (χ1) is 10.7. The Morgan fingerprint density at radius 2 is 1.96 bits per heavy atom. The van der Waals surface area contributed by atoms with E-state index >= 15 is 0 Å². The Hall–Kier alpha value is -1.12. The third-order valence-corrected chi connectivity index (χ3v) is 7.49. The first-order valence-electron chi connectivity index (χ1n) is 9.16. The van der Waals surface area contributed by atoms with Gasteiger partial charge in [-0.15, -0.1) is 0 Å². The van der Waals surface area contributed by atoms with Gasteiger partial charge in [0.2, 0.25) is 0 Å². The maximum atomic E-state index is 12.4. The summed E-state index contributed by atoms with van der Waals surface area (Å²) in [5.41, 5.74) is 0.286. The SMILES string of the molecule is CC1=CCC2C3CCC(C(C)C)C3(C(=O)O)CCC2(C)CC1=O. The smallest absolute Gasteiger partial charge is 0.310 e. The maximum absolute atomic E-state index is 12.4. The lowest BCUT2D eigenvalue weighted by atomic mass is 9.50. The Labute approximate surface area is 139 Å². The lowest BCUT2D eigenvalue weighted by molar-refractivity contribution is -0.166. The maximum Gasteiger partial charge on any atom is 0.310 e. The molecule has 23 heavy (non-hydrogen) atoms. The van der Waals surface area contributed by atoms with Crippen molar-refractivity contribution in [1.82, 2.24) is 0 Å². The normalized spacial score (nSPS) is 43.6. The van der Waals surface area contributed by atoms with Gasteiger partial charge in [0.1, 0.15) is 0 Å². The Morgan fingerprint density at radius 1 is 1.26 bits per heavy atom. The second-order valence-electron chi connectivity index (χ2n) is 8.86. The molecule has 128 valence electrons. The number of allylic oxidation sites excluding steroid dienone is 2. The van der Waals surface area contributed by atoms with Crippen molar-refractivity contribution in [3.8, 4) is 0 Å². The zero-order chi connectivity index (χ0) is 17.0. The van der Waals surface area contributed by atoms with Crippen molar-refractivity contribution in [3.05, 3.63) is 11.6 Å². The molecule has 3 nitrogen and oxygen atoms in total. The summed E-state index contributed by atoms with van der Waals surface area (Å²) in [5.74, 6) is 0.913. The average Bonchev–Trinajstić information content (AvgIpc) is 2.81. The molecular weight excluding hydrogens is 288 g/mol. The molecule has 0 amide bonds. The zero-order valence-corrected chi connectivity index (χ0v) is 14.9. The number of carbonyl (C=O) groups is 2. The standard InChI is InChI=1S/C20H30O3/c1-12(2)14-7-8-16-15-6-5-13(3)17(21)11-19(15,4)9-10-20(14,16)18(22)23/h5,12,14-16H,6-11H2,1-4H3,(H,22,23). The fourth-order valence-electron chi connectivity index (χ4n) is 6.19. The number of aliphatic carboxylic acids is 1. The summed E-state index contributed by atoms with van der Waals surface area (Å²) >= 11 is 0. The van der Waals surface area contributed by atoms with Gasteiger partial charge in [-0.05, 0) is 73.7 Å². The van der Waals surface area contributed by atoms with E-state index in [0.29, 0.717) is 18.3 Å². The van der Waals surface area contributed by atoms with Gasteiger partial charge >= 0.3 is 5.97 Å². The van der Waals surface area contributed by atoms with Crippen LogP contribution in [-0.2, 0) is 9.59 Å². The van der Waals surface area contributed by atoms with E-state index in [4.69, 9.17) is 0 Å². The monoisotopic (exact) mass is 318 g/mol. The summed E-state index contributed by atoms with van der Waals surface area (Å²) in [6.07, 6.45) is 7.20. The van der Waals surface area contributed by atoms with Crippen LogP contribution in [0.4, 0.5) is 0 Å². The minimum absolute atomic E-state index is 0.0270. The highest BCUT2D eigenvalue weighted by Crippen LogP contribution is 2.65. The zero-order valence-electron chi connectivity index (χ0n) is 14.9. The van der Waals surface area contributed by atoms with Crippen molar-refractivity contribution in [1.29, 1.82) is 0 Å². The van der Waals surface area contributed by atoms with Crippen LogP contribution in [0.15, 0.2) is 11.6 Å². The molecule has 0 aromatic heterocycles. The Balaban J connectivity index is 2.03. The van der Waals surface area contributed by atoms with Crippen molar-refractivity contribution in [2.24, 2.45) is 34.5 Å². The van der Waals surface area contributed by atoms with Crippen LogP contribution < -0.4 is 0 Å². The van der Waals surface area contributed by atoms with Crippen molar-refractivity contribution in [3.63, 3.8) is 0 Å². The Kier molecular flexibility index (Phi) is 3.97. The summed E-state index contributed by atoms with van der Waals surface area (Å²) in [7, 11) is 0. The van der Waals surface area contributed by atoms with E-state index in [1.807, 2.05) is 6.92 Å². The Morgan fingerprint density at radius 3 is 2.57 bits per heavy atom. The van der Waals surface area contributed by atoms with Gasteiger partial charge in [-0.25, -0.2) is 0 Å². The van der Waals surface area contributed by atoms with E-state index < -0.39 is 11.4 Å². The number of hydrogen-bond acceptors (Lipinski definition) is 2. The van der Waals surface area contributed by atoms with E-state index in [-0.39, 0.29) is 23.0 Å². The lowest BCUT2D eigenvalue weighted by Crippen LogP contribution is -2.52. The number of hydrogen-bond donors (Lipinski definition) is 1. The fourth-order valence-corrected chi connectivity index (χ4v) is 6.19. The molecule has 3 heteroatoms. The van der Waals surface area contributed by atoms with Crippen molar-refractivity contribution in [2.45, 2.75) is 66.2 Å². The van der Waals surface area contributed by atoms with Gasteiger partial charge in [0.05, 0.1) is 5.41 Å². The number of ketones is 1. The number of Topliss-reactive ketones (excluding diaryl/α,β-unsaturated/α-hetero) is 1. The van der Waals surface area contributed by atoms with Gasteiger partial charge in [-0.3, -0.25) is 9.59 Å². The van der Waals surface area contributed by atoms with Gasteiger partial charge in [-0.2, -0.15) is 0 Å². The minimum Gasteiger partial charge on any atom is -0.481 e. The molecule has 0 aromatic rings. The van der Waals surface area contributed by atoms with Gasteiger partial charge < -0.3 is 5.11 Å². The Bertz CT molecular complexity index is 561. The third-order valence-electron chi connectivity index (χ3n) is 7.49. The van der Waals surface area contributed by atoms with Crippen LogP contribution in [-0.4, -0.2) is 16.9 Å². The van der Waals surface area contributed by atoms with Crippen LogP contribution in [0.3, 0.4) is 0 Å². The molecule has 3 aliphatic carbocycles. The van der Waals surface area contributed by atoms with Gasteiger partial charge in [-0.1, -0.05) is 26.8 Å². The molecule has 0 heterocycles. The third kappa shape index (κ3) is 2.30. The molecule has 0 saturated heterocycles. The van der Waals surface area contributed by atoms with Crippen LogP contribution in [0.25, 0.3) is 0 Å². The molecule has 0 radical (unpaired) electrons. The number of fused-ring (bicyclic) bond motifs is 3. The summed E-state index contributed by atoms with van der Waals surface area (Å²) in [6.45, 7) is 8.49. The van der Waals surface area contributed by atoms with Crippen molar-refractivity contribution >= 4 is 11.8 Å². The molecule has 0 aliphatic heterocycles. The fraction of sp³-hybridized carbons (Fsp3) is 0.800. The highest BCUT2D eigenvalue weighted by atomic mass is 16.4. The molecule has 1 N–H and O–H groups in total. The second-order valence-corrected chi connectivity index (χ2v) is 8.86. The van der Waals surface area contributed by atoms with Crippen LogP contribution in [0, 0.1) is 34.5 Å². The number of carbonyl (C=O) groups excluding carboxylic acids is 1. The summed E-state index contributed by atoms with van der Waals surface area (Å²) in [6, 6.07) is 0. The van der Waals surface area contributed by atoms with Gasteiger partial charge in [0.15, 0.2) is 5.78 Å². The highest BCUT2D eigenvalue weighted by Gasteiger charge is 2.63. The quantitative estimate of drug-likeness (QED) is 0.817. The number of carboxylic acids is 1. The van der Waals surface area contributed by atoms with E-state index in [0.717, 1.165) is 37.7 Å². The number of rotatable bonds is 2. The summed E-state index contributed by atoms with van der Waals surface area (Å²) in [5, 5.41) is 10.2. The minimum atomic E-state index is -0.586. The summed E-state index contributed by atoms with van der Waals surface area (Å²) < 4.78 is 0. The molecular formula is C20H30O3. The number of carboxylic acid groups (broad SMARTS) is 1. The van der Waals surface area contributed by atoms with E-state index in [9.17, 15) is 14.7 Å². The van der Waals surface area contributed by atoms with Crippen LogP contribution >= 0.6 is 0 Å². The molecule has 5 atom stereocenters. The first-order valence-corrected chi connectivity index (χ1v) is 9.16. The van der Waals surface area contributed by atoms with Crippen LogP contribution in [0.5, 0.6) is 0 Å². The summed E-state index contributed by atoms with van der Waals surface area (Å²) in [4.78, 5) is 24.8. The molecule has 3 rings (SSSR count). The topological polar surface area (TPSA) is 54.4 Å².